The fraction of sp³-hybridized carbons (Fsp3) is 1.00. The van der Waals surface area contributed by atoms with Crippen LogP contribution in [0.4, 0.5) is 0 Å². The van der Waals surface area contributed by atoms with Crippen LogP contribution in [0.3, 0.4) is 0 Å². The Kier molecular flexibility index (Phi) is 4.68. The number of rotatable bonds is 2. The zero-order valence-corrected chi connectivity index (χ0v) is 13.3. The van der Waals surface area contributed by atoms with Crippen LogP contribution >= 0.6 is 0 Å². The fourth-order valence-corrected chi connectivity index (χ4v) is 5.20. The molecule has 2 saturated heterocycles. The van der Waals surface area contributed by atoms with E-state index in [1.807, 2.05) is 0 Å². The molecule has 5 atom stereocenters. The number of hydrogen-bond acceptors (Lipinski definition) is 3. The molecule has 0 aromatic heterocycles. The minimum Gasteiger partial charge on any atom is -0.785 e. The van der Waals surface area contributed by atoms with E-state index in [1.54, 1.807) is 0 Å². The van der Waals surface area contributed by atoms with E-state index in [-0.39, 0.29) is 0 Å². The van der Waals surface area contributed by atoms with Gasteiger partial charge >= 0.3 is 0 Å². The van der Waals surface area contributed by atoms with Crippen molar-refractivity contribution in [2.24, 2.45) is 17.8 Å². The van der Waals surface area contributed by atoms with Gasteiger partial charge in [-0.15, -0.1) is 0 Å². The predicted molar refractivity (Wildman–Crippen MR) is 83.4 cm³/mol. The Balaban J connectivity index is 1.67. The Morgan fingerprint density at radius 1 is 1.05 bits per heavy atom. The van der Waals surface area contributed by atoms with Gasteiger partial charge < -0.3 is 15.2 Å². The van der Waals surface area contributed by atoms with Gasteiger partial charge in [-0.25, -0.2) is 0 Å². The Bertz CT molecular complexity index is 322. The minimum absolute atomic E-state index is 0.326. The summed E-state index contributed by atoms with van der Waals surface area (Å²) in [5, 5.41) is 13.5. The van der Waals surface area contributed by atoms with E-state index in [0.29, 0.717) is 6.04 Å². The van der Waals surface area contributed by atoms with Crippen molar-refractivity contribution in [1.82, 2.24) is 9.96 Å². The molecule has 1 saturated carbocycles. The molecule has 0 amide bonds. The van der Waals surface area contributed by atoms with Gasteiger partial charge in [-0.1, -0.05) is 13.3 Å². The summed E-state index contributed by atoms with van der Waals surface area (Å²) >= 11 is 0. The standard InChI is InChI=1S/C17H31N2O/c1-13-10-14(12-15-6-3-4-9-19(15)20)16-7-5-8-18(2)17(16)11-13/h13-17H,3-12H2,1-2H3/q-1/t13-,14+,15?,16-,17-/m0/s1. The summed E-state index contributed by atoms with van der Waals surface area (Å²) in [6, 6.07) is 1.12. The molecule has 3 heteroatoms. The zero-order valence-electron chi connectivity index (χ0n) is 13.3. The average Bonchev–Trinajstić information content (AvgIpc) is 2.42. The molecular weight excluding hydrogens is 248 g/mol. The molecule has 0 radical (unpaired) electrons. The summed E-state index contributed by atoms with van der Waals surface area (Å²) in [7, 11) is 2.31. The highest BCUT2D eigenvalue weighted by Crippen LogP contribution is 2.44. The second-order valence-corrected chi connectivity index (χ2v) is 7.72. The van der Waals surface area contributed by atoms with E-state index in [1.165, 1.54) is 50.1 Å². The first-order valence-corrected chi connectivity index (χ1v) is 8.79. The maximum Gasteiger partial charge on any atom is 0.0126 e. The molecule has 3 aliphatic rings. The van der Waals surface area contributed by atoms with Crippen molar-refractivity contribution in [1.29, 1.82) is 0 Å². The second-order valence-electron chi connectivity index (χ2n) is 7.72. The van der Waals surface area contributed by atoms with Crippen LogP contribution in [0.2, 0.25) is 0 Å². The summed E-state index contributed by atoms with van der Waals surface area (Å²) in [6.45, 7) is 4.47. The molecule has 0 aromatic carbocycles. The first-order valence-electron chi connectivity index (χ1n) is 8.79. The van der Waals surface area contributed by atoms with E-state index in [4.69, 9.17) is 0 Å². The van der Waals surface area contributed by atoms with Gasteiger partial charge in [0.1, 0.15) is 0 Å². The maximum atomic E-state index is 12.1. The minimum atomic E-state index is 0.326. The first-order chi connectivity index (χ1) is 9.65. The van der Waals surface area contributed by atoms with Crippen LogP contribution in [0.15, 0.2) is 0 Å². The fourth-order valence-electron chi connectivity index (χ4n) is 5.20. The zero-order chi connectivity index (χ0) is 14.1. The normalized spacial score (nSPS) is 44.2. The summed E-state index contributed by atoms with van der Waals surface area (Å²) < 4.78 is 0. The van der Waals surface area contributed by atoms with E-state index < -0.39 is 0 Å². The highest BCUT2D eigenvalue weighted by Gasteiger charge is 2.40. The van der Waals surface area contributed by atoms with Gasteiger partial charge in [0.25, 0.3) is 0 Å². The lowest BCUT2D eigenvalue weighted by atomic mass is 9.66. The summed E-state index contributed by atoms with van der Waals surface area (Å²) in [5.41, 5.74) is 0. The van der Waals surface area contributed by atoms with Crippen LogP contribution in [0, 0.1) is 23.0 Å². The molecule has 3 rings (SSSR count). The lowest BCUT2D eigenvalue weighted by molar-refractivity contribution is 0.00774. The van der Waals surface area contributed by atoms with Gasteiger partial charge in [0, 0.05) is 6.04 Å². The van der Waals surface area contributed by atoms with Crippen molar-refractivity contribution in [3.63, 3.8) is 0 Å². The molecule has 0 N–H and O–H groups in total. The van der Waals surface area contributed by atoms with Gasteiger partial charge in [-0.05, 0) is 88.9 Å². The van der Waals surface area contributed by atoms with Crippen molar-refractivity contribution in [3.05, 3.63) is 5.21 Å². The van der Waals surface area contributed by atoms with Crippen LogP contribution in [0.5, 0.6) is 0 Å². The van der Waals surface area contributed by atoms with Crippen LogP contribution in [-0.4, -0.2) is 42.2 Å². The number of piperidine rings is 2. The van der Waals surface area contributed by atoms with Crippen molar-refractivity contribution in [2.75, 3.05) is 20.1 Å². The highest BCUT2D eigenvalue weighted by molar-refractivity contribution is 4.94. The summed E-state index contributed by atoms with van der Waals surface area (Å²) in [4.78, 5) is 2.60. The van der Waals surface area contributed by atoms with Gasteiger partial charge in [-0.2, -0.15) is 0 Å². The van der Waals surface area contributed by atoms with Crippen LogP contribution in [0.25, 0.3) is 0 Å². The molecule has 0 spiro atoms. The molecule has 2 aliphatic heterocycles. The van der Waals surface area contributed by atoms with Crippen molar-refractivity contribution >= 4 is 0 Å². The van der Waals surface area contributed by atoms with Crippen molar-refractivity contribution in [3.8, 4) is 0 Å². The Morgan fingerprint density at radius 2 is 1.90 bits per heavy atom. The Labute approximate surface area is 124 Å². The molecule has 116 valence electrons. The van der Waals surface area contributed by atoms with Gasteiger partial charge in [0.2, 0.25) is 0 Å². The number of fused-ring (bicyclic) bond motifs is 1. The van der Waals surface area contributed by atoms with Crippen LogP contribution < -0.4 is 0 Å². The molecule has 0 aromatic rings. The quantitative estimate of drug-likeness (QED) is 0.775. The first kappa shape index (κ1) is 14.8. The van der Waals surface area contributed by atoms with Gasteiger partial charge in [-0.3, -0.25) is 0 Å². The number of hydrogen-bond donors (Lipinski definition) is 0. The smallest absolute Gasteiger partial charge is 0.0126 e. The van der Waals surface area contributed by atoms with Crippen LogP contribution in [-0.2, 0) is 0 Å². The van der Waals surface area contributed by atoms with E-state index in [2.05, 4.69) is 18.9 Å². The summed E-state index contributed by atoms with van der Waals surface area (Å²) in [5.74, 6) is 2.50. The maximum absolute atomic E-state index is 12.1. The molecule has 0 bridgehead atoms. The molecule has 2 heterocycles. The second kappa shape index (κ2) is 6.33. The largest absolute Gasteiger partial charge is 0.785 e. The molecule has 3 nitrogen and oxygen atoms in total. The van der Waals surface area contributed by atoms with E-state index >= 15 is 0 Å². The third-order valence-electron chi connectivity index (χ3n) is 6.21. The SMILES string of the molecule is C[C@H]1C[C@H](CC2CCCCN2[O-])[C@@H]2CCCN(C)[C@H]2C1. The molecule has 1 unspecified atom stereocenters. The number of hydroxylamine groups is 2. The topological polar surface area (TPSA) is 29.5 Å². The predicted octanol–water partition coefficient (Wildman–Crippen LogP) is 3.49. The number of likely N-dealkylation sites (tertiary alicyclic amines) is 1. The highest BCUT2D eigenvalue weighted by atomic mass is 16.5. The Hall–Kier alpha value is -0.120. The van der Waals surface area contributed by atoms with Gasteiger partial charge in [0.15, 0.2) is 0 Å². The van der Waals surface area contributed by atoms with Crippen molar-refractivity contribution < 1.29 is 0 Å². The monoisotopic (exact) mass is 279 g/mol. The summed E-state index contributed by atoms with van der Waals surface area (Å²) in [6.07, 6.45) is 10.2. The molecule has 1 aliphatic carbocycles. The third-order valence-corrected chi connectivity index (χ3v) is 6.21. The van der Waals surface area contributed by atoms with Crippen molar-refractivity contribution in [2.45, 2.75) is 70.4 Å². The Morgan fingerprint density at radius 3 is 2.70 bits per heavy atom. The van der Waals surface area contributed by atoms with E-state index in [0.717, 1.165) is 43.2 Å². The lowest BCUT2D eigenvalue weighted by Gasteiger charge is -2.51. The van der Waals surface area contributed by atoms with Gasteiger partial charge in [0.05, 0.1) is 0 Å². The molecule has 3 fully saturated rings. The number of nitrogens with zero attached hydrogens (tertiary/aromatic N) is 2. The van der Waals surface area contributed by atoms with E-state index in [9.17, 15) is 5.21 Å². The average molecular weight is 279 g/mol. The lowest BCUT2D eigenvalue weighted by Crippen LogP contribution is -2.50. The molecule has 20 heavy (non-hydrogen) atoms. The third kappa shape index (κ3) is 3.05. The van der Waals surface area contributed by atoms with Crippen LogP contribution in [0.1, 0.15) is 58.3 Å². The molecular formula is C17H31N2O-.